The number of benzene rings is 1. The summed E-state index contributed by atoms with van der Waals surface area (Å²) < 4.78 is 13.1. The van der Waals surface area contributed by atoms with Crippen molar-refractivity contribution in [2.75, 3.05) is 11.1 Å². The van der Waals surface area contributed by atoms with Gasteiger partial charge in [0.25, 0.3) is 5.91 Å². The van der Waals surface area contributed by atoms with Crippen molar-refractivity contribution in [2.45, 2.75) is 0 Å². The third kappa shape index (κ3) is 2.54. The van der Waals surface area contributed by atoms with Crippen molar-refractivity contribution in [3.8, 4) is 0 Å². The topological polar surface area (TPSA) is 80.9 Å². The molecular formula is C11H9FN4O. The lowest BCUT2D eigenvalue weighted by atomic mass is 10.2. The number of carbonyl (C=O) groups excluding carboxylic acids is 1. The van der Waals surface area contributed by atoms with Gasteiger partial charge in [-0.3, -0.25) is 9.78 Å². The van der Waals surface area contributed by atoms with Gasteiger partial charge in [-0.25, -0.2) is 9.37 Å². The van der Waals surface area contributed by atoms with Gasteiger partial charge < -0.3 is 11.1 Å². The van der Waals surface area contributed by atoms with Crippen LogP contribution in [0.3, 0.4) is 0 Å². The van der Waals surface area contributed by atoms with E-state index in [-0.39, 0.29) is 11.3 Å². The van der Waals surface area contributed by atoms with Crippen molar-refractivity contribution in [3.63, 3.8) is 0 Å². The summed E-state index contributed by atoms with van der Waals surface area (Å²) in [5.41, 5.74) is 5.48. The van der Waals surface area contributed by atoms with Crippen LogP contribution in [0.25, 0.3) is 0 Å². The van der Waals surface area contributed by atoms with Crippen molar-refractivity contribution in [2.24, 2.45) is 0 Å². The average molecular weight is 232 g/mol. The number of nitrogens with zero attached hydrogens (tertiary/aromatic N) is 2. The molecule has 1 heterocycles. The van der Waals surface area contributed by atoms with Gasteiger partial charge in [0.2, 0.25) is 0 Å². The zero-order valence-corrected chi connectivity index (χ0v) is 8.72. The Morgan fingerprint density at radius 1 is 1.35 bits per heavy atom. The van der Waals surface area contributed by atoms with E-state index >= 15 is 0 Å². The van der Waals surface area contributed by atoms with Gasteiger partial charge in [-0.05, 0) is 18.2 Å². The summed E-state index contributed by atoms with van der Waals surface area (Å²) in [7, 11) is 0. The Bertz CT molecular complexity index is 544. The predicted molar refractivity (Wildman–Crippen MR) is 60.8 cm³/mol. The Morgan fingerprint density at radius 2 is 2.18 bits per heavy atom. The third-order valence-corrected chi connectivity index (χ3v) is 2.07. The first-order valence-corrected chi connectivity index (χ1v) is 4.79. The minimum atomic E-state index is -0.628. The molecule has 2 aromatic rings. The average Bonchev–Trinajstić information content (AvgIpc) is 2.34. The second-order valence-electron chi connectivity index (χ2n) is 3.28. The van der Waals surface area contributed by atoms with Gasteiger partial charge in [-0.2, -0.15) is 0 Å². The molecule has 0 bridgehead atoms. The van der Waals surface area contributed by atoms with E-state index in [9.17, 15) is 9.18 Å². The van der Waals surface area contributed by atoms with Crippen LogP contribution in [0.5, 0.6) is 0 Å². The molecule has 0 spiro atoms. The lowest BCUT2D eigenvalue weighted by molar-refractivity contribution is 0.102. The molecule has 0 saturated heterocycles. The first-order valence-electron chi connectivity index (χ1n) is 4.79. The van der Waals surface area contributed by atoms with E-state index < -0.39 is 11.7 Å². The number of halogens is 1. The highest BCUT2D eigenvalue weighted by Gasteiger charge is 2.09. The van der Waals surface area contributed by atoms with E-state index in [1.54, 1.807) is 0 Å². The smallest absolute Gasteiger partial charge is 0.256 e. The highest BCUT2D eigenvalue weighted by molar-refractivity contribution is 6.03. The molecule has 0 unspecified atom stereocenters. The van der Waals surface area contributed by atoms with Gasteiger partial charge in [0, 0.05) is 18.0 Å². The monoisotopic (exact) mass is 232 g/mol. The number of nitrogen functional groups attached to an aromatic ring is 1. The van der Waals surface area contributed by atoms with Crippen LogP contribution in [0.2, 0.25) is 0 Å². The molecule has 2 rings (SSSR count). The summed E-state index contributed by atoms with van der Waals surface area (Å²) in [5, 5.41) is 2.48. The molecule has 0 aliphatic carbocycles. The van der Waals surface area contributed by atoms with Crippen molar-refractivity contribution < 1.29 is 9.18 Å². The van der Waals surface area contributed by atoms with E-state index in [1.165, 1.54) is 30.7 Å². The Morgan fingerprint density at radius 3 is 2.82 bits per heavy atom. The van der Waals surface area contributed by atoms with Crippen LogP contribution >= 0.6 is 0 Å². The Labute approximate surface area is 96.5 Å². The number of nitrogens with one attached hydrogen (secondary N) is 1. The maximum atomic E-state index is 13.1. The van der Waals surface area contributed by atoms with Crippen LogP contribution in [0.1, 0.15) is 10.4 Å². The largest absolute Gasteiger partial charge is 0.396 e. The Balaban J connectivity index is 2.18. The van der Waals surface area contributed by atoms with Crippen molar-refractivity contribution in [3.05, 3.63) is 48.2 Å². The molecule has 0 aliphatic heterocycles. The Hall–Kier alpha value is -2.50. The first kappa shape index (κ1) is 11.0. The van der Waals surface area contributed by atoms with Crippen LogP contribution in [0.4, 0.5) is 15.9 Å². The molecule has 0 aliphatic rings. The summed E-state index contributed by atoms with van der Waals surface area (Å²) in [5.74, 6) is -0.795. The van der Waals surface area contributed by atoms with Gasteiger partial charge >= 0.3 is 0 Å². The number of hydrogen-bond donors (Lipinski definition) is 2. The highest BCUT2D eigenvalue weighted by atomic mass is 19.1. The maximum Gasteiger partial charge on any atom is 0.256 e. The van der Waals surface area contributed by atoms with E-state index in [1.807, 2.05) is 0 Å². The molecular weight excluding hydrogens is 223 g/mol. The zero-order valence-electron chi connectivity index (χ0n) is 8.72. The number of rotatable bonds is 2. The standard InChI is InChI=1S/C11H9FN4O/c12-8-5-7(1-2-9(8)13)11(17)16-10-6-14-3-4-15-10/h1-6H,13H2,(H,15,16,17). The normalized spacial score (nSPS) is 9.94. The molecule has 0 fully saturated rings. The second kappa shape index (κ2) is 4.56. The number of hydrogen-bond acceptors (Lipinski definition) is 4. The number of aromatic nitrogens is 2. The van der Waals surface area contributed by atoms with Crippen LogP contribution in [-0.2, 0) is 0 Å². The lowest BCUT2D eigenvalue weighted by Gasteiger charge is -2.04. The quantitative estimate of drug-likeness (QED) is 0.768. The van der Waals surface area contributed by atoms with Gasteiger partial charge in [0.15, 0.2) is 5.82 Å². The minimum Gasteiger partial charge on any atom is -0.396 e. The summed E-state index contributed by atoms with van der Waals surface area (Å²) >= 11 is 0. The summed E-state index contributed by atoms with van der Waals surface area (Å²) in [6.07, 6.45) is 4.32. The SMILES string of the molecule is Nc1ccc(C(=O)Nc2cnccn2)cc1F. The fraction of sp³-hybridized carbons (Fsp3) is 0. The molecule has 1 aromatic carbocycles. The fourth-order valence-corrected chi connectivity index (χ4v) is 1.22. The molecule has 6 heteroatoms. The van der Waals surface area contributed by atoms with E-state index in [2.05, 4.69) is 15.3 Å². The Kier molecular flexibility index (Phi) is 2.95. The van der Waals surface area contributed by atoms with Crippen LogP contribution in [-0.4, -0.2) is 15.9 Å². The van der Waals surface area contributed by atoms with Crippen molar-refractivity contribution in [1.82, 2.24) is 9.97 Å². The first-order chi connectivity index (χ1) is 8.16. The molecule has 86 valence electrons. The molecule has 5 nitrogen and oxygen atoms in total. The number of carbonyl (C=O) groups is 1. The molecule has 1 amide bonds. The van der Waals surface area contributed by atoms with Gasteiger partial charge in [0.05, 0.1) is 11.9 Å². The van der Waals surface area contributed by atoms with E-state index in [4.69, 9.17) is 5.73 Å². The second-order valence-corrected chi connectivity index (χ2v) is 3.28. The van der Waals surface area contributed by atoms with E-state index in [0.717, 1.165) is 6.07 Å². The molecule has 0 saturated carbocycles. The van der Waals surface area contributed by atoms with Crippen LogP contribution in [0.15, 0.2) is 36.8 Å². The van der Waals surface area contributed by atoms with Gasteiger partial charge in [-0.1, -0.05) is 0 Å². The maximum absolute atomic E-state index is 13.1. The molecule has 0 radical (unpaired) electrons. The van der Waals surface area contributed by atoms with Crippen LogP contribution in [0, 0.1) is 5.82 Å². The zero-order chi connectivity index (χ0) is 12.3. The summed E-state index contributed by atoms with van der Waals surface area (Å²) in [6, 6.07) is 3.84. The number of nitrogens with two attached hydrogens (primary N) is 1. The fourth-order valence-electron chi connectivity index (χ4n) is 1.22. The van der Waals surface area contributed by atoms with Crippen LogP contribution < -0.4 is 11.1 Å². The molecule has 3 N–H and O–H groups in total. The number of amides is 1. The van der Waals surface area contributed by atoms with E-state index in [0.29, 0.717) is 5.82 Å². The molecule has 0 atom stereocenters. The summed E-state index contributed by atoms with van der Waals surface area (Å²) in [4.78, 5) is 19.4. The van der Waals surface area contributed by atoms with Gasteiger partial charge in [-0.15, -0.1) is 0 Å². The highest BCUT2D eigenvalue weighted by Crippen LogP contribution is 2.13. The lowest BCUT2D eigenvalue weighted by Crippen LogP contribution is -2.13. The minimum absolute atomic E-state index is 0.000975. The molecule has 17 heavy (non-hydrogen) atoms. The van der Waals surface area contributed by atoms with Crippen molar-refractivity contribution >= 4 is 17.4 Å². The molecule has 1 aromatic heterocycles. The van der Waals surface area contributed by atoms with Crippen molar-refractivity contribution in [1.29, 1.82) is 0 Å². The third-order valence-electron chi connectivity index (χ3n) is 2.07. The summed E-state index contributed by atoms with van der Waals surface area (Å²) in [6.45, 7) is 0. The number of anilines is 2. The predicted octanol–water partition coefficient (Wildman–Crippen LogP) is 1.45. The van der Waals surface area contributed by atoms with Gasteiger partial charge in [0.1, 0.15) is 5.82 Å².